The van der Waals surface area contributed by atoms with Gasteiger partial charge in [0.2, 0.25) is 10.0 Å². The summed E-state index contributed by atoms with van der Waals surface area (Å²) in [6.07, 6.45) is 4.35. The standard InChI is InChI=1S/C12H20N2O2S2/c1-9-4-2-3-5-12(9)14-18(15,16)11-6-10(7-13)17-8-11/h6,8-9,12,14H,2-5,7,13H2,1H3. The van der Waals surface area contributed by atoms with Crippen LogP contribution in [0.3, 0.4) is 0 Å². The second-order valence-corrected chi connectivity index (χ2v) is 7.65. The Morgan fingerprint density at radius 1 is 1.44 bits per heavy atom. The Balaban J connectivity index is 2.11. The number of nitrogens with two attached hydrogens (primary N) is 1. The van der Waals surface area contributed by atoms with Crippen LogP contribution in [0.5, 0.6) is 0 Å². The van der Waals surface area contributed by atoms with Gasteiger partial charge in [-0.05, 0) is 24.8 Å². The molecule has 2 atom stereocenters. The van der Waals surface area contributed by atoms with Gasteiger partial charge in [-0.2, -0.15) is 0 Å². The molecule has 0 aliphatic heterocycles. The fraction of sp³-hybridized carbons (Fsp3) is 0.667. The molecule has 1 fully saturated rings. The summed E-state index contributed by atoms with van der Waals surface area (Å²) in [5.74, 6) is 0.418. The highest BCUT2D eigenvalue weighted by Crippen LogP contribution is 2.26. The van der Waals surface area contributed by atoms with Crippen LogP contribution in [-0.4, -0.2) is 14.5 Å². The first kappa shape index (κ1) is 14.0. The van der Waals surface area contributed by atoms with E-state index < -0.39 is 10.0 Å². The van der Waals surface area contributed by atoms with E-state index >= 15 is 0 Å². The molecule has 3 N–H and O–H groups in total. The summed E-state index contributed by atoms with van der Waals surface area (Å²) in [7, 11) is -3.38. The van der Waals surface area contributed by atoms with Crippen molar-refractivity contribution in [2.24, 2.45) is 11.7 Å². The maximum atomic E-state index is 12.2. The van der Waals surface area contributed by atoms with Gasteiger partial charge in [0.25, 0.3) is 0 Å². The second-order valence-electron chi connectivity index (χ2n) is 4.94. The van der Waals surface area contributed by atoms with Crippen molar-refractivity contribution in [3.8, 4) is 0 Å². The minimum absolute atomic E-state index is 0.0741. The molecule has 4 nitrogen and oxygen atoms in total. The Hall–Kier alpha value is -0.430. The molecule has 0 bridgehead atoms. The third-order valence-corrected chi connectivity index (χ3v) is 6.14. The first-order valence-electron chi connectivity index (χ1n) is 6.33. The van der Waals surface area contributed by atoms with Gasteiger partial charge < -0.3 is 5.73 Å². The normalized spacial score (nSPS) is 25.2. The summed E-state index contributed by atoms with van der Waals surface area (Å²) < 4.78 is 27.3. The zero-order valence-corrected chi connectivity index (χ0v) is 12.2. The molecule has 1 heterocycles. The minimum atomic E-state index is -3.38. The monoisotopic (exact) mass is 288 g/mol. The first-order chi connectivity index (χ1) is 8.53. The van der Waals surface area contributed by atoms with Crippen molar-refractivity contribution >= 4 is 21.4 Å². The van der Waals surface area contributed by atoms with Crippen molar-refractivity contribution < 1.29 is 8.42 Å². The Kier molecular flexibility index (Phi) is 4.42. The largest absolute Gasteiger partial charge is 0.326 e. The summed E-state index contributed by atoms with van der Waals surface area (Å²) in [4.78, 5) is 1.25. The van der Waals surface area contributed by atoms with E-state index in [0.717, 1.165) is 24.1 Å². The van der Waals surface area contributed by atoms with Gasteiger partial charge in [-0.15, -0.1) is 11.3 Å². The molecular weight excluding hydrogens is 268 g/mol. The lowest BCUT2D eigenvalue weighted by molar-refractivity contribution is 0.310. The van der Waals surface area contributed by atoms with E-state index in [9.17, 15) is 8.42 Å². The molecule has 2 unspecified atom stereocenters. The van der Waals surface area contributed by atoms with Gasteiger partial charge in [0.15, 0.2) is 0 Å². The molecule has 102 valence electrons. The van der Waals surface area contributed by atoms with Crippen LogP contribution in [0.15, 0.2) is 16.3 Å². The van der Waals surface area contributed by atoms with Crippen molar-refractivity contribution in [3.63, 3.8) is 0 Å². The lowest BCUT2D eigenvalue weighted by atomic mass is 9.87. The SMILES string of the molecule is CC1CCCCC1NS(=O)(=O)c1csc(CN)c1. The molecule has 18 heavy (non-hydrogen) atoms. The number of nitrogens with one attached hydrogen (secondary N) is 1. The number of hydrogen-bond donors (Lipinski definition) is 2. The summed E-state index contributed by atoms with van der Waals surface area (Å²) in [5, 5.41) is 1.66. The zero-order valence-electron chi connectivity index (χ0n) is 10.6. The van der Waals surface area contributed by atoms with E-state index in [-0.39, 0.29) is 6.04 Å². The van der Waals surface area contributed by atoms with Crippen LogP contribution >= 0.6 is 11.3 Å². The average Bonchev–Trinajstić information content (AvgIpc) is 2.81. The minimum Gasteiger partial charge on any atom is -0.326 e. The molecule has 0 saturated heterocycles. The number of thiophene rings is 1. The van der Waals surface area contributed by atoms with Crippen LogP contribution in [0, 0.1) is 5.92 Å². The van der Waals surface area contributed by atoms with Crippen LogP contribution in [0.4, 0.5) is 0 Å². The molecule has 0 radical (unpaired) electrons. The van der Waals surface area contributed by atoms with Gasteiger partial charge in [-0.25, -0.2) is 13.1 Å². The molecule has 1 aliphatic rings. The summed E-state index contributed by atoms with van der Waals surface area (Å²) in [6.45, 7) is 2.51. The lowest BCUT2D eigenvalue weighted by Gasteiger charge is -2.29. The van der Waals surface area contributed by atoms with E-state index in [4.69, 9.17) is 5.73 Å². The second kappa shape index (κ2) is 5.69. The van der Waals surface area contributed by atoms with Gasteiger partial charge >= 0.3 is 0 Å². The summed E-state index contributed by atoms with van der Waals surface area (Å²) in [5.41, 5.74) is 5.51. The van der Waals surface area contributed by atoms with Crippen molar-refractivity contribution in [2.75, 3.05) is 0 Å². The van der Waals surface area contributed by atoms with E-state index in [1.807, 2.05) is 0 Å². The Morgan fingerprint density at radius 2 is 2.17 bits per heavy atom. The summed E-state index contributed by atoms with van der Waals surface area (Å²) in [6, 6.07) is 1.74. The molecule has 2 rings (SSSR count). The molecule has 0 spiro atoms. The highest BCUT2D eigenvalue weighted by Gasteiger charge is 2.27. The summed E-state index contributed by atoms with van der Waals surface area (Å²) >= 11 is 1.40. The Labute approximate surface area is 113 Å². The lowest BCUT2D eigenvalue weighted by Crippen LogP contribution is -2.40. The van der Waals surface area contributed by atoms with Crippen molar-refractivity contribution in [2.45, 2.75) is 50.1 Å². The van der Waals surface area contributed by atoms with Crippen LogP contribution in [0.1, 0.15) is 37.5 Å². The van der Waals surface area contributed by atoms with Crippen molar-refractivity contribution in [1.29, 1.82) is 0 Å². The number of sulfonamides is 1. The molecule has 1 aliphatic carbocycles. The predicted octanol–water partition coefficient (Wildman–Crippen LogP) is 2.06. The zero-order chi connectivity index (χ0) is 13.2. The quantitative estimate of drug-likeness (QED) is 0.891. The smallest absolute Gasteiger partial charge is 0.241 e. The van der Waals surface area contributed by atoms with Crippen molar-refractivity contribution in [3.05, 3.63) is 16.3 Å². The van der Waals surface area contributed by atoms with Gasteiger partial charge in [0, 0.05) is 22.8 Å². The average molecular weight is 288 g/mol. The Bertz CT molecular complexity index is 496. The molecule has 6 heteroatoms. The molecular formula is C12H20N2O2S2. The highest BCUT2D eigenvalue weighted by molar-refractivity contribution is 7.89. The van der Waals surface area contributed by atoms with Crippen LogP contribution < -0.4 is 10.5 Å². The van der Waals surface area contributed by atoms with Gasteiger partial charge in [0.1, 0.15) is 0 Å². The van der Waals surface area contributed by atoms with Crippen LogP contribution in [-0.2, 0) is 16.6 Å². The van der Waals surface area contributed by atoms with Gasteiger partial charge in [0.05, 0.1) is 4.90 Å². The third-order valence-electron chi connectivity index (χ3n) is 3.56. The van der Waals surface area contributed by atoms with Gasteiger partial charge in [-0.1, -0.05) is 19.8 Å². The Morgan fingerprint density at radius 3 is 2.78 bits per heavy atom. The molecule has 1 saturated carbocycles. The maximum absolute atomic E-state index is 12.2. The van der Waals surface area contributed by atoms with Crippen molar-refractivity contribution in [1.82, 2.24) is 4.72 Å². The topological polar surface area (TPSA) is 72.2 Å². The van der Waals surface area contributed by atoms with E-state index in [1.54, 1.807) is 11.4 Å². The first-order valence-corrected chi connectivity index (χ1v) is 8.69. The number of rotatable bonds is 4. The molecule has 0 amide bonds. The maximum Gasteiger partial charge on any atom is 0.241 e. The van der Waals surface area contributed by atoms with Crippen LogP contribution in [0.25, 0.3) is 0 Å². The van der Waals surface area contributed by atoms with E-state index in [1.165, 1.54) is 17.8 Å². The molecule has 1 aromatic rings. The number of hydrogen-bond acceptors (Lipinski definition) is 4. The highest BCUT2D eigenvalue weighted by atomic mass is 32.2. The molecule has 1 aromatic heterocycles. The van der Waals surface area contributed by atoms with E-state index in [2.05, 4.69) is 11.6 Å². The van der Waals surface area contributed by atoms with Gasteiger partial charge in [-0.3, -0.25) is 0 Å². The third kappa shape index (κ3) is 3.12. The predicted molar refractivity (Wildman–Crippen MR) is 74.0 cm³/mol. The van der Waals surface area contributed by atoms with Crippen LogP contribution in [0.2, 0.25) is 0 Å². The van der Waals surface area contributed by atoms with E-state index in [0.29, 0.717) is 17.4 Å². The fourth-order valence-corrected chi connectivity index (χ4v) is 4.90. The fourth-order valence-electron chi connectivity index (χ4n) is 2.37. The molecule has 0 aromatic carbocycles.